The topological polar surface area (TPSA) is 502 Å². The molecule has 3 heterocycles. The second kappa shape index (κ2) is 49.4. The van der Waals surface area contributed by atoms with Crippen LogP contribution in [0.15, 0.2) is 30.3 Å². The van der Waals surface area contributed by atoms with E-state index in [-0.39, 0.29) is 109 Å². The molecular formula is C66H113N7O26. The third-order valence-corrected chi connectivity index (χ3v) is 17.2. The number of esters is 1. The van der Waals surface area contributed by atoms with Gasteiger partial charge in [0.2, 0.25) is 35.4 Å². The van der Waals surface area contributed by atoms with E-state index in [1.165, 1.54) is 62.7 Å². The summed E-state index contributed by atoms with van der Waals surface area (Å²) < 4.78 is 38.1. The average molecular weight is 1420 g/mol. The molecule has 0 spiro atoms. The third-order valence-electron chi connectivity index (χ3n) is 17.2. The van der Waals surface area contributed by atoms with E-state index in [4.69, 9.17) is 33.2 Å². The van der Waals surface area contributed by atoms with Gasteiger partial charge < -0.3 is 126 Å². The number of carbonyl (C=O) groups is 7. The molecule has 0 aliphatic carbocycles. The summed E-state index contributed by atoms with van der Waals surface area (Å²) in [4.78, 5) is 95.3. The van der Waals surface area contributed by atoms with Gasteiger partial charge in [0.25, 0.3) is 0 Å². The largest absolute Gasteiger partial charge is 0.459 e. The molecule has 3 fully saturated rings. The van der Waals surface area contributed by atoms with Gasteiger partial charge in [-0.2, -0.15) is 0 Å². The second-order valence-electron chi connectivity index (χ2n) is 25.2. The maximum atomic E-state index is 14.3. The van der Waals surface area contributed by atoms with Crippen molar-refractivity contribution in [2.45, 2.75) is 253 Å². The highest BCUT2D eigenvalue weighted by Crippen LogP contribution is 2.25. The molecule has 3 aliphatic heterocycles. The molecule has 3 aliphatic rings. The van der Waals surface area contributed by atoms with Crippen LogP contribution in [0.5, 0.6) is 0 Å². The fraction of sp³-hybridized carbons (Fsp3) is 0.803. The summed E-state index contributed by atoms with van der Waals surface area (Å²) in [6.45, 7) is -3.25. The monoisotopic (exact) mass is 1420 g/mol. The van der Waals surface area contributed by atoms with Gasteiger partial charge in [-0.1, -0.05) is 114 Å². The fourth-order valence-corrected chi connectivity index (χ4v) is 11.3. The van der Waals surface area contributed by atoms with Crippen molar-refractivity contribution < 1.29 is 128 Å². The van der Waals surface area contributed by atoms with Crippen LogP contribution in [0.1, 0.15) is 147 Å². The maximum Gasteiger partial charge on any atom is 0.330 e. The summed E-state index contributed by atoms with van der Waals surface area (Å²) in [5, 5.41) is 137. The highest BCUT2D eigenvalue weighted by Gasteiger charge is 2.46. The molecule has 0 unspecified atom stereocenters. The van der Waals surface area contributed by atoms with Gasteiger partial charge in [-0.15, -0.1) is 0 Å². The van der Waals surface area contributed by atoms with Crippen molar-refractivity contribution in [1.82, 2.24) is 36.8 Å². The smallest absolute Gasteiger partial charge is 0.330 e. The summed E-state index contributed by atoms with van der Waals surface area (Å²) in [5.41, 5.74) is 0.746. The predicted molar refractivity (Wildman–Crippen MR) is 350 cm³/mol. The highest BCUT2D eigenvalue weighted by atomic mass is 16.7. The molecule has 33 heteroatoms. The molecule has 0 bridgehead atoms. The molecule has 0 radical (unpaired) electrons. The number of benzene rings is 1. The third kappa shape index (κ3) is 32.3. The van der Waals surface area contributed by atoms with Gasteiger partial charge in [-0.3, -0.25) is 33.7 Å². The highest BCUT2D eigenvalue weighted by molar-refractivity contribution is 5.87. The summed E-state index contributed by atoms with van der Waals surface area (Å²) in [7, 11) is 0. The number of hydrogen-bond acceptors (Lipinski definition) is 27. The van der Waals surface area contributed by atoms with Crippen LogP contribution in [-0.2, 0) is 73.3 Å². The van der Waals surface area contributed by atoms with Crippen molar-refractivity contribution in [3.05, 3.63) is 35.9 Å². The number of nitrogens with zero attached hydrogens (tertiary/aromatic N) is 1. The Labute approximate surface area is 578 Å². The molecule has 3 saturated heterocycles. The number of aliphatic hydroxyl groups excluding tert-OH is 12. The normalized spacial score (nSPS) is 26.0. The zero-order valence-electron chi connectivity index (χ0n) is 57.0. The number of ether oxygens (including phenoxy) is 7. The van der Waals surface area contributed by atoms with Crippen molar-refractivity contribution in [3.8, 4) is 0 Å². The first kappa shape index (κ1) is 86.2. The van der Waals surface area contributed by atoms with Crippen LogP contribution < -0.4 is 31.9 Å². The summed E-state index contributed by atoms with van der Waals surface area (Å²) in [5.74, 6) is -4.06. The summed E-state index contributed by atoms with van der Waals surface area (Å²) >= 11 is 0. The lowest BCUT2D eigenvalue weighted by Crippen LogP contribution is -2.59. The first-order valence-electron chi connectivity index (χ1n) is 35.0. The van der Waals surface area contributed by atoms with Gasteiger partial charge in [-0.25, -0.2) is 4.79 Å². The first-order valence-corrected chi connectivity index (χ1v) is 35.0. The molecule has 33 nitrogen and oxygen atoms in total. The Morgan fingerprint density at radius 2 is 0.838 bits per heavy atom. The molecule has 1 aromatic carbocycles. The molecule has 1 aromatic rings. The van der Waals surface area contributed by atoms with Crippen LogP contribution in [0.25, 0.3) is 0 Å². The second-order valence-corrected chi connectivity index (χ2v) is 25.2. The number of hydrogen-bond donors (Lipinski definition) is 18. The molecule has 568 valence electrons. The van der Waals surface area contributed by atoms with Gasteiger partial charge in [0.1, 0.15) is 85.9 Å². The number of aliphatic hydroxyl groups is 12. The van der Waals surface area contributed by atoms with E-state index in [1.807, 2.05) is 6.07 Å². The Bertz CT molecular complexity index is 2390. The van der Waals surface area contributed by atoms with Crippen molar-refractivity contribution in [1.29, 1.82) is 0 Å². The van der Waals surface area contributed by atoms with Gasteiger partial charge in [0.15, 0.2) is 18.9 Å². The maximum absolute atomic E-state index is 14.3. The molecule has 18 N–H and O–H groups in total. The van der Waals surface area contributed by atoms with Gasteiger partial charge in [0, 0.05) is 52.0 Å². The Balaban J connectivity index is 1.33. The zero-order chi connectivity index (χ0) is 72.5. The number of rotatable bonds is 51. The van der Waals surface area contributed by atoms with Crippen molar-refractivity contribution in [2.75, 3.05) is 85.5 Å². The fourth-order valence-electron chi connectivity index (χ4n) is 11.3. The van der Waals surface area contributed by atoms with Crippen molar-refractivity contribution >= 4 is 41.4 Å². The van der Waals surface area contributed by atoms with Crippen LogP contribution in [0.3, 0.4) is 0 Å². The van der Waals surface area contributed by atoms with E-state index < -0.39 is 167 Å². The molecule has 0 aromatic heterocycles. The minimum Gasteiger partial charge on any atom is -0.459 e. The Hall–Kier alpha value is -5.25. The Kier molecular flexibility index (Phi) is 43.0. The number of amides is 6. The zero-order valence-corrected chi connectivity index (χ0v) is 57.0. The minimum atomic E-state index is -1.75. The standard InChI is InChI=1S/C66H113N7O26/c1-2-3-4-5-6-7-8-9-10-11-12-13-17-27-50(79)72-43(63(92)96-41-42-22-15-14-16-23-42)35-71-49(78)26-19-18-25-48(77)67-28-21-20-24-44(62(91)70-31-34-95-66-61(90)58(87)55(84)47(40-76)99-66)73(36-51(80)68-29-32-93-64-59(88)56(85)53(82)45(38-74)97-64)37-52(81)69-30-33-94-65-60(89)57(86)54(83)46(39-75)98-65/h14-16,22-23,43-47,53-61,64-66,74-76,82-90H,2-13,17-21,24-41H2,1H3,(H,67,77)(H,68,80)(H,69,81)(H,70,91)(H,71,78)(H,72,79)/t43-,44+,45-,46-,47-,53-,54-,55-,56+,57+,58+,59+,60+,61+,64+,65+,66+/m1/s1. The van der Waals surface area contributed by atoms with Crippen molar-refractivity contribution in [3.63, 3.8) is 0 Å². The number of nitrogens with one attached hydrogen (secondary N) is 6. The van der Waals surface area contributed by atoms with E-state index in [1.54, 1.807) is 24.3 Å². The summed E-state index contributed by atoms with van der Waals surface area (Å²) in [6.07, 6.45) is -7.61. The molecule has 6 amide bonds. The molecular weight excluding hydrogens is 1310 g/mol. The predicted octanol–water partition coefficient (Wildman–Crippen LogP) is -3.87. The van der Waals surface area contributed by atoms with Crippen LogP contribution in [0.2, 0.25) is 0 Å². The first-order chi connectivity index (χ1) is 47.6. The lowest BCUT2D eigenvalue weighted by molar-refractivity contribution is -0.300. The van der Waals surface area contributed by atoms with Crippen molar-refractivity contribution in [2.24, 2.45) is 0 Å². The lowest BCUT2D eigenvalue weighted by atomic mass is 9.99. The molecule has 99 heavy (non-hydrogen) atoms. The van der Waals surface area contributed by atoms with Gasteiger partial charge >= 0.3 is 5.97 Å². The SMILES string of the molecule is CCCCCCCCCCCCCCCC(=O)N[C@H](CNC(=O)CCCCC(=O)NCCCC[C@@H](C(=O)NCCO[C@H]1O[C@H](CO)[C@@H](O)[C@H](O)[C@@H]1O)N(CC(=O)NCCO[C@H]1O[C@H](CO)[C@@H](O)[C@H](O)[C@@H]1O)CC(=O)NCCO[C@H]1O[C@H](CO)[C@@H](O)[C@H](O)[C@@H]1O)C(=O)OCc1ccccc1. The van der Waals surface area contributed by atoms with Crippen LogP contribution in [-0.4, -0.2) is 297 Å². The van der Waals surface area contributed by atoms with Crippen LogP contribution in [0.4, 0.5) is 0 Å². The van der Waals surface area contributed by atoms with E-state index in [0.29, 0.717) is 19.3 Å². The van der Waals surface area contributed by atoms with E-state index >= 15 is 0 Å². The van der Waals surface area contributed by atoms with E-state index in [0.717, 1.165) is 24.8 Å². The van der Waals surface area contributed by atoms with Gasteiger partial charge in [-0.05, 0) is 44.1 Å². The Morgan fingerprint density at radius 1 is 0.444 bits per heavy atom. The molecule has 4 rings (SSSR count). The number of carbonyl (C=O) groups excluding carboxylic acids is 7. The molecule has 17 atom stereocenters. The quantitative estimate of drug-likeness (QED) is 0.0219. The van der Waals surface area contributed by atoms with E-state index in [2.05, 4.69) is 38.8 Å². The van der Waals surface area contributed by atoms with Crippen LogP contribution in [0, 0.1) is 0 Å². The lowest BCUT2D eigenvalue weighted by Gasteiger charge is -2.39. The molecule has 0 saturated carbocycles. The summed E-state index contributed by atoms with van der Waals surface area (Å²) in [6, 6.07) is 6.59. The van der Waals surface area contributed by atoms with Crippen LogP contribution >= 0.6 is 0 Å². The van der Waals surface area contributed by atoms with Gasteiger partial charge in [0.05, 0.1) is 58.8 Å². The average Bonchev–Trinajstić information content (AvgIpc) is 0.839. The number of unbranched alkanes of at least 4 members (excludes halogenated alkanes) is 14. The van der Waals surface area contributed by atoms with E-state index in [9.17, 15) is 94.8 Å². The minimum absolute atomic E-state index is 0.00763. The Morgan fingerprint density at radius 3 is 1.28 bits per heavy atom.